The van der Waals surface area contributed by atoms with Crippen LogP contribution in [0.3, 0.4) is 0 Å². The molecule has 0 fully saturated rings. The Labute approximate surface area is 132 Å². The molecule has 0 bridgehead atoms. The molecule has 3 rings (SSSR count). The lowest BCUT2D eigenvalue weighted by Crippen LogP contribution is -2.29. The molecular weight excluding hydrogens is 294 g/mol. The summed E-state index contributed by atoms with van der Waals surface area (Å²) in [6.45, 7) is 0.367. The second-order valence-corrected chi connectivity index (χ2v) is 4.77. The normalized spacial score (nSPS) is 10.3. The molecule has 6 nitrogen and oxygen atoms in total. The van der Waals surface area contributed by atoms with Gasteiger partial charge in [-0.25, -0.2) is 5.84 Å². The molecule has 23 heavy (non-hydrogen) atoms. The first kappa shape index (κ1) is 14.8. The minimum Gasteiger partial charge on any atom is -0.487 e. The SMILES string of the molecule is NNC(=O)c1occc1-c1cccc(OCc2ccccn2)c1. The number of nitrogens with two attached hydrogens (primary N) is 1. The maximum absolute atomic E-state index is 11.7. The molecule has 0 radical (unpaired) electrons. The highest BCUT2D eigenvalue weighted by Crippen LogP contribution is 2.28. The fraction of sp³-hybridized carbons (Fsp3) is 0.0588. The Balaban J connectivity index is 1.80. The highest BCUT2D eigenvalue weighted by molar-refractivity contribution is 5.97. The van der Waals surface area contributed by atoms with E-state index in [9.17, 15) is 4.79 Å². The van der Waals surface area contributed by atoms with E-state index in [2.05, 4.69) is 10.4 Å². The molecule has 6 heteroatoms. The lowest BCUT2D eigenvalue weighted by atomic mass is 10.1. The summed E-state index contributed by atoms with van der Waals surface area (Å²) in [6.07, 6.45) is 3.17. The predicted octanol–water partition coefficient (Wildman–Crippen LogP) is 2.52. The van der Waals surface area contributed by atoms with Crippen LogP contribution >= 0.6 is 0 Å². The Morgan fingerprint density at radius 1 is 1.22 bits per heavy atom. The van der Waals surface area contributed by atoms with Gasteiger partial charge in [0.1, 0.15) is 12.4 Å². The van der Waals surface area contributed by atoms with Gasteiger partial charge < -0.3 is 9.15 Å². The lowest BCUT2D eigenvalue weighted by molar-refractivity contribution is 0.0927. The van der Waals surface area contributed by atoms with Crippen LogP contribution in [0.25, 0.3) is 11.1 Å². The second-order valence-electron chi connectivity index (χ2n) is 4.77. The van der Waals surface area contributed by atoms with E-state index < -0.39 is 5.91 Å². The minimum atomic E-state index is -0.482. The van der Waals surface area contributed by atoms with Crippen LogP contribution in [0.4, 0.5) is 0 Å². The number of carbonyl (C=O) groups is 1. The molecule has 2 aromatic heterocycles. The van der Waals surface area contributed by atoms with Crippen molar-refractivity contribution < 1.29 is 13.9 Å². The van der Waals surface area contributed by atoms with Crippen molar-refractivity contribution in [2.45, 2.75) is 6.61 Å². The third-order valence-electron chi connectivity index (χ3n) is 3.26. The van der Waals surface area contributed by atoms with Gasteiger partial charge in [-0.15, -0.1) is 0 Å². The number of nitrogen functional groups attached to an aromatic ring is 1. The molecule has 0 spiro atoms. The van der Waals surface area contributed by atoms with Gasteiger partial charge in [0.15, 0.2) is 5.76 Å². The number of nitrogens with one attached hydrogen (secondary N) is 1. The number of furan rings is 1. The molecule has 3 N–H and O–H groups in total. The van der Waals surface area contributed by atoms with Crippen molar-refractivity contribution in [3.05, 3.63) is 72.4 Å². The smallest absolute Gasteiger partial charge is 0.301 e. The van der Waals surface area contributed by atoms with Crippen LogP contribution in [0, 0.1) is 0 Å². The van der Waals surface area contributed by atoms with Gasteiger partial charge in [-0.1, -0.05) is 18.2 Å². The van der Waals surface area contributed by atoms with Crippen LogP contribution < -0.4 is 16.0 Å². The van der Waals surface area contributed by atoms with E-state index in [0.717, 1.165) is 11.3 Å². The Bertz CT molecular complexity index is 800. The Morgan fingerprint density at radius 2 is 2.13 bits per heavy atom. The van der Waals surface area contributed by atoms with Crippen molar-refractivity contribution >= 4 is 5.91 Å². The van der Waals surface area contributed by atoms with E-state index in [1.54, 1.807) is 12.3 Å². The highest BCUT2D eigenvalue weighted by atomic mass is 16.5. The molecule has 0 aliphatic heterocycles. The van der Waals surface area contributed by atoms with E-state index in [4.69, 9.17) is 15.0 Å². The molecule has 116 valence electrons. The van der Waals surface area contributed by atoms with Gasteiger partial charge in [-0.3, -0.25) is 15.2 Å². The van der Waals surface area contributed by atoms with Crippen molar-refractivity contribution in [3.63, 3.8) is 0 Å². The molecule has 0 atom stereocenters. The topological polar surface area (TPSA) is 90.4 Å². The molecule has 0 saturated heterocycles. The maximum Gasteiger partial charge on any atom is 0.301 e. The van der Waals surface area contributed by atoms with Crippen LogP contribution in [0.1, 0.15) is 16.2 Å². The number of aromatic nitrogens is 1. The van der Waals surface area contributed by atoms with Crippen LogP contribution in [0.5, 0.6) is 5.75 Å². The van der Waals surface area contributed by atoms with Crippen molar-refractivity contribution in [2.75, 3.05) is 0 Å². The Morgan fingerprint density at radius 3 is 2.91 bits per heavy atom. The van der Waals surface area contributed by atoms with Gasteiger partial charge in [0.05, 0.1) is 12.0 Å². The number of benzene rings is 1. The number of nitrogens with zero attached hydrogens (tertiary/aromatic N) is 1. The molecule has 1 aromatic carbocycles. The van der Waals surface area contributed by atoms with E-state index >= 15 is 0 Å². The van der Waals surface area contributed by atoms with Gasteiger partial charge in [-0.2, -0.15) is 0 Å². The molecule has 0 aliphatic rings. The van der Waals surface area contributed by atoms with Crippen LogP contribution in [-0.4, -0.2) is 10.9 Å². The van der Waals surface area contributed by atoms with Crippen LogP contribution in [0.2, 0.25) is 0 Å². The molecule has 1 amide bonds. The number of carbonyl (C=O) groups excluding carboxylic acids is 1. The standard InChI is InChI=1S/C17H15N3O3/c18-20-17(21)16-15(7-9-22-16)12-4-3-6-14(10-12)23-11-13-5-1-2-8-19-13/h1-10H,11,18H2,(H,20,21). The first-order chi connectivity index (χ1) is 11.3. The van der Waals surface area contributed by atoms with Gasteiger partial charge >= 0.3 is 5.91 Å². The summed E-state index contributed by atoms with van der Waals surface area (Å²) in [5, 5.41) is 0. The van der Waals surface area contributed by atoms with Crippen LogP contribution in [-0.2, 0) is 6.61 Å². The average Bonchev–Trinajstić information content (AvgIpc) is 3.10. The second kappa shape index (κ2) is 6.76. The minimum absolute atomic E-state index is 0.161. The van der Waals surface area contributed by atoms with Crippen molar-refractivity contribution in [1.29, 1.82) is 0 Å². The van der Waals surface area contributed by atoms with Gasteiger partial charge in [-0.05, 0) is 35.9 Å². The van der Waals surface area contributed by atoms with E-state index in [-0.39, 0.29) is 5.76 Å². The molecular formula is C17H15N3O3. The quantitative estimate of drug-likeness (QED) is 0.429. The van der Waals surface area contributed by atoms with Crippen molar-refractivity contribution in [1.82, 2.24) is 10.4 Å². The van der Waals surface area contributed by atoms with Gasteiger partial charge in [0.25, 0.3) is 0 Å². The fourth-order valence-electron chi connectivity index (χ4n) is 2.17. The largest absolute Gasteiger partial charge is 0.487 e. The summed E-state index contributed by atoms with van der Waals surface area (Å²) in [6, 6.07) is 14.8. The van der Waals surface area contributed by atoms with Crippen LogP contribution in [0.15, 0.2) is 65.4 Å². The summed E-state index contributed by atoms with van der Waals surface area (Å²) < 4.78 is 10.9. The average molecular weight is 309 g/mol. The predicted molar refractivity (Wildman–Crippen MR) is 84.4 cm³/mol. The number of pyridine rings is 1. The number of ether oxygens (including phenoxy) is 1. The molecule has 3 aromatic rings. The number of amides is 1. The molecule has 0 unspecified atom stereocenters. The Kier molecular flexibility index (Phi) is 4.35. The van der Waals surface area contributed by atoms with Gasteiger partial charge in [0.2, 0.25) is 0 Å². The number of hydrogen-bond acceptors (Lipinski definition) is 5. The Hall–Kier alpha value is -3.12. The van der Waals surface area contributed by atoms with Crippen molar-refractivity contribution in [3.8, 4) is 16.9 Å². The summed E-state index contributed by atoms with van der Waals surface area (Å²) in [4.78, 5) is 15.9. The highest BCUT2D eigenvalue weighted by Gasteiger charge is 2.16. The first-order valence-electron chi connectivity index (χ1n) is 6.99. The zero-order valence-electron chi connectivity index (χ0n) is 12.2. The molecule has 2 heterocycles. The summed E-state index contributed by atoms with van der Waals surface area (Å²) in [7, 11) is 0. The van der Waals surface area contributed by atoms with E-state index in [1.807, 2.05) is 42.5 Å². The number of hydrogen-bond donors (Lipinski definition) is 2. The fourth-order valence-corrected chi connectivity index (χ4v) is 2.17. The molecule has 0 saturated carbocycles. The lowest BCUT2D eigenvalue weighted by Gasteiger charge is -2.08. The summed E-state index contributed by atoms with van der Waals surface area (Å²) >= 11 is 0. The third kappa shape index (κ3) is 3.38. The third-order valence-corrected chi connectivity index (χ3v) is 3.26. The van der Waals surface area contributed by atoms with Crippen molar-refractivity contribution in [2.24, 2.45) is 5.84 Å². The summed E-state index contributed by atoms with van der Waals surface area (Å²) in [5.74, 6) is 5.52. The number of rotatable bonds is 5. The number of hydrazine groups is 1. The maximum atomic E-state index is 11.7. The molecule has 0 aliphatic carbocycles. The first-order valence-corrected chi connectivity index (χ1v) is 6.99. The zero-order chi connectivity index (χ0) is 16.1. The van der Waals surface area contributed by atoms with E-state index in [0.29, 0.717) is 17.9 Å². The monoisotopic (exact) mass is 309 g/mol. The van der Waals surface area contributed by atoms with E-state index in [1.165, 1.54) is 6.26 Å². The van der Waals surface area contributed by atoms with Gasteiger partial charge in [0, 0.05) is 11.8 Å². The summed E-state index contributed by atoms with van der Waals surface area (Å²) in [5.41, 5.74) is 4.36. The zero-order valence-corrected chi connectivity index (χ0v) is 12.2.